The molecule has 0 bridgehead atoms. The molecule has 0 atom stereocenters. The summed E-state index contributed by atoms with van der Waals surface area (Å²) in [6.45, 7) is 8.99. The molecule has 1 aromatic carbocycles. The first-order chi connectivity index (χ1) is 9.55. The molecular formula is C18H30BrN. The molecule has 0 radical (unpaired) electrons. The van der Waals surface area contributed by atoms with E-state index in [2.05, 4.69) is 72.9 Å². The van der Waals surface area contributed by atoms with E-state index < -0.39 is 0 Å². The zero-order valence-electron chi connectivity index (χ0n) is 13.6. The predicted octanol–water partition coefficient (Wildman–Crippen LogP) is 5.41. The van der Waals surface area contributed by atoms with Crippen LogP contribution < -0.4 is 0 Å². The van der Waals surface area contributed by atoms with Gasteiger partial charge in [-0.25, -0.2) is 0 Å². The molecule has 0 saturated carbocycles. The summed E-state index contributed by atoms with van der Waals surface area (Å²) in [7, 11) is 2.26. The van der Waals surface area contributed by atoms with E-state index >= 15 is 0 Å². The van der Waals surface area contributed by atoms with Gasteiger partial charge in [0.15, 0.2) is 0 Å². The Morgan fingerprint density at radius 3 is 2.30 bits per heavy atom. The van der Waals surface area contributed by atoms with Crippen LogP contribution in [-0.2, 0) is 6.54 Å². The molecule has 114 valence electrons. The fourth-order valence-electron chi connectivity index (χ4n) is 3.27. The van der Waals surface area contributed by atoms with E-state index in [0.717, 1.165) is 11.9 Å². The van der Waals surface area contributed by atoms with Crippen molar-refractivity contribution in [3.8, 4) is 0 Å². The molecule has 0 aliphatic rings. The molecule has 0 aromatic heterocycles. The van der Waals surface area contributed by atoms with Crippen LogP contribution in [0.25, 0.3) is 0 Å². The number of halogens is 1. The van der Waals surface area contributed by atoms with Crippen molar-refractivity contribution in [1.82, 2.24) is 4.90 Å². The zero-order chi connectivity index (χ0) is 15.0. The SMILES string of the molecule is CCCC(CBr)(CCC)CN(C)Cc1cccc(C)c1. The van der Waals surface area contributed by atoms with Gasteiger partial charge in [-0.15, -0.1) is 0 Å². The summed E-state index contributed by atoms with van der Waals surface area (Å²) in [5.41, 5.74) is 3.20. The quantitative estimate of drug-likeness (QED) is 0.544. The van der Waals surface area contributed by atoms with Gasteiger partial charge in [0.2, 0.25) is 0 Å². The average Bonchev–Trinajstić information content (AvgIpc) is 2.39. The zero-order valence-corrected chi connectivity index (χ0v) is 15.2. The Hall–Kier alpha value is -0.340. The van der Waals surface area contributed by atoms with E-state index in [1.54, 1.807) is 0 Å². The van der Waals surface area contributed by atoms with Crippen molar-refractivity contribution in [3.05, 3.63) is 35.4 Å². The Kier molecular flexibility index (Phi) is 7.83. The highest BCUT2D eigenvalue weighted by Gasteiger charge is 2.28. The fraction of sp³-hybridized carbons (Fsp3) is 0.667. The first-order valence-electron chi connectivity index (χ1n) is 7.85. The summed E-state index contributed by atoms with van der Waals surface area (Å²) in [5, 5.41) is 1.11. The predicted molar refractivity (Wildman–Crippen MR) is 93.6 cm³/mol. The standard InChI is InChI=1S/C18H30BrN/c1-5-10-18(14-19,11-6-2)15-20(4)13-17-9-7-8-16(3)12-17/h7-9,12H,5-6,10-11,13-15H2,1-4H3. The van der Waals surface area contributed by atoms with Crippen LogP contribution in [0.4, 0.5) is 0 Å². The number of hydrogen-bond acceptors (Lipinski definition) is 1. The minimum Gasteiger partial charge on any atom is -0.302 e. The maximum absolute atomic E-state index is 3.77. The van der Waals surface area contributed by atoms with Gasteiger partial charge in [0, 0.05) is 18.4 Å². The van der Waals surface area contributed by atoms with Gasteiger partial charge in [0.1, 0.15) is 0 Å². The van der Waals surface area contributed by atoms with E-state index in [4.69, 9.17) is 0 Å². The Bertz CT molecular complexity index is 383. The molecule has 1 aromatic rings. The van der Waals surface area contributed by atoms with Crippen LogP contribution in [-0.4, -0.2) is 23.8 Å². The molecule has 0 fully saturated rings. The maximum Gasteiger partial charge on any atom is 0.0231 e. The Morgan fingerprint density at radius 2 is 1.80 bits per heavy atom. The number of aryl methyl sites for hydroxylation is 1. The minimum absolute atomic E-state index is 0.433. The lowest BCUT2D eigenvalue weighted by Gasteiger charge is -2.36. The highest BCUT2D eigenvalue weighted by atomic mass is 79.9. The summed E-state index contributed by atoms with van der Waals surface area (Å²) in [6, 6.07) is 8.86. The van der Waals surface area contributed by atoms with E-state index in [0.29, 0.717) is 5.41 Å². The number of hydrogen-bond donors (Lipinski definition) is 0. The molecular weight excluding hydrogens is 310 g/mol. The van der Waals surface area contributed by atoms with Crippen molar-refractivity contribution in [2.45, 2.75) is 53.0 Å². The second-order valence-corrected chi connectivity index (χ2v) is 6.86. The van der Waals surface area contributed by atoms with Crippen molar-refractivity contribution in [3.63, 3.8) is 0 Å². The normalized spacial score (nSPS) is 12.1. The molecule has 0 saturated heterocycles. The number of alkyl halides is 1. The van der Waals surface area contributed by atoms with Crippen LogP contribution >= 0.6 is 15.9 Å². The molecule has 0 aliphatic heterocycles. The van der Waals surface area contributed by atoms with Crippen LogP contribution in [0.15, 0.2) is 24.3 Å². The van der Waals surface area contributed by atoms with Gasteiger partial charge in [-0.1, -0.05) is 72.4 Å². The largest absolute Gasteiger partial charge is 0.302 e. The molecule has 2 heteroatoms. The first kappa shape index (κ1) is 17.7. The summed E-state index contributed by atoms with van der Waals surface area (Å²) in [5.74, 6) is 0. The third-order valence-corrected chi connectivity index (χ3v) is 5.17. The van der Waals surface area contributed by atoms with Gasteiger partial charge >= 0.3 is 0 Å². The van der Waals surface area contributed by atoms with Gasteiger partial charge in [-0.3, -0.25) is 0 Å². The van der Waals surface area contributed by atoms with Gasteiger partial charge in [0.05, 0.1) is 0 Å². The summed E-state index contributed by atoms with van der Waals surface area (Å²) >= 11 is 3.77. The van der Waals surface area contributed by atoms with E-state index in [1.807, 2.05) is 0 Å². The Morgan fingerprint density at radius 1 is 1.15 bits per heavy atom. The third-order valence-electron chi connectivity index (χ3n) is 3.98. The first-order valence-corrected chi connectivity index (χ1v) is 8.97. The lowest BCUT2D eigenvalue weighted by Crippen LogP contribution is -2.36. The second kappa shape index (κ2) is 8.84. The highest BCUT2D eigenvalue weighted by Crippen LogP contribution is 2.33. The fourth-order valence-corrected chi connectivity index (χ4v) is 4.01. The molecule has 0 aliphatic carbocycles. The van der Waals surface area contributed by atoms with Gasteiger partial charge in [0.25, 0.3) is 0 Å². The monoisotopic (exact) mass is 339 g/mol. The second-order valence-electron chi connectivity index (χ2n) is 6.29. The summed E-state index contributed by atoms with van der Waals surface area (Å²) in [4.78, 5) is 2.49. The van der Waals surface area contributed by atoms with Crippen LogP contribution in [0.1, 0.15) is 50.7 Å². The molecule has 0 N–H and O–H groups in total. The smallest absolute Gasteiger partial charge is 0.0231 e. The highest BCUT2D eigenvalue weighted by molar-refractivity contribution is 9.09. The van der Waals surface area contributed by atoms with Crippen molar-refractivity contribution in [1.29, 1.82) is 0 Å². The van der Waals surface area contributed by atoms with Crippen LogP contribution in [0, 0.1) is 12.3 Å². The van der Waals surface area contributed by atoms with E-state index in [-0.39, 0.29) is 0 Å². The molecule has 0 spiro atoms. The number of nitrogens with zero attached hydrogens (tertiary/aromatic N) is 1. The minimum atomic E-state index is 0.433. The molecule has 0 unspecified atom stereocenters. The number of rotatable bonds is 9. The Labute approximate surface area is 133 Å². The van der Waals surface area contributed by atoms with E-state index in [9.17, 15) is 0 Å². The van der Waals surface area contributed by atoms with Crippen molar-refractivity contribution in [2.24, 2.45) is 5.41 Å². The summed E-state index contributed by atoms with van der Waals surface area (Å²) in [6.07, 6.45) is 5.16. The average molecular weight is 340 g/mol. The van der Waals surface area contributed by atoms with Crippen LogP contribution in [0.3, 0.4) is 0 Å². The lowest BCUT2D eigenvalue weighted by molar-refractivity contribution is 0.166. The van der Waals surface area contributed by atoms with E-state index in [1.165, 1.54) is 43.4 Å². The molecule has 1 nitrogen and oxygen atoms in total. The summed E-state index contributed by atoms with van der Waals surface area (Å²) < 4.78 is 0. The molecule has 1 rings (SSSR count). The Balaban J connectivity index is 2.67. The molecule has 0 heterocycles. The van der Waals surface area contributed by atoms with Crippen molar-refractivity contribution in [2.75, 3.05) is 18.9 Å². The van der Waals surface area contributed by atoms with Gasteiger partial charge in [-0.05, 0) is 37.8 Å². The van der Waals surface area contributed by atoms with Crippen LogP contribution in [0.5, 0.6) is 0 Å². The van der Waals surface area contributed by atoms with Crippen LogP contribution in [0.2, 0.25) is 0 Å². The van der Waals surface area contributed by atoms with Crippen molar-refractivity contribution < 1.29 is 0 Å². The lowest BCUT2D eigenvalue weighted by atomic mass is 9.80. The number of benzene rings is 1. The third kappa shape index (κ3) is 5.57. The molecule has 20 heavy (non-hydrogen) atoms. The molecule has 0 amide bonds. The van der Waals surface area contributed by atoms with Gasteiger partial charge < -0.3 is 4.90 Å². The van der Waals surface area contributed by atoms with Gasteiger partial charge in [-0.2, -0.15) is 0 Å². The topological polar surface area (TPSA) is 3.24 Å². The maximum atomic E-state index is 3.77. The van der Waals surface area contributed by atoms with Crippen molar-refractivity contribution >= 4 is 15.9 Å².